The predicted octanol–water partition coefficient (Wildman–Crippen LogP) is 3.10. The molecule has 0 saturated heterocycles. The number of halogens is 1. The van der Waals surface area contributed by atoms with Gasteiger partial charge in [0.1, 0.15) is 5.69 Å². The second-order valence-electron chi connectivity index (χ2n) is 7.43. The third-order valence-corrected chi connectivity index (χ3v) is 6.86. The van der Waals surface area contributed by atoms with Crippen molar-refractivity contribution in [2.45, 2.75) is 30.2 Å². The van der Waals surface area contributed by atoms with E-state index in [2.05, 4.69) is 70.5 Å². The number of likely N-dealkylation sites (N-methyl/N-ethyl adjacent to an activating group) is 1. The van der Waals surface area contributed by atoms with Crippen LogP contribution in [0.4, 0.5) is 5.69 Å². The predicted molar refractivity (Wildman–Crippen MR) is 136 cm³/mol. The van der Waals surface area contributed by atoms with Gasteiger partial charge in [-0.1, -0.05) is 43.8 Å². The zero-order chi connectivity index (χ0) is 20.9. The number of nitrogens with zero attached hydrogens (tertiary/aromatic N) is 3. The van der Waals surface area contributed by atoms with E-state index in [1.165, 1.54) is 31.9 Å². The van der Waals surface area contributed by atoms with Gasteiger partial charge in [0.25, 0.3) is 0 Å². The highest BCUT2D eigenvalue weighted by Gasteiger charge is 2.25. The lowest BCUT2D eigenvalue weighted by Gasteiger charge is -2.21. The van der Waals surface area contributed by atoms with E-state index in [4.69, 9.17) is 10.2 Å². The minimum atomic E-state index is 0. The Hall–Kier alpha value is -1.81. The Bertz CT molecular complexity index is 1010. The zero-order valence-electron chi connectivity index (χ0n) is 18.7. The maximum absolute atomic E-state index is 9.00. The molecule has 1 aromatic heterocycles. The molecule has 0 saturated carbocycles. The van der Waals surface area contributed by atoms with E-state index in [0.29, 0.717) is 6.54 Å². The van der Waals surface area contributed by atoms with Crippen LogP contribution < -0.4 is 10.6 Å². The average molecular weight is 480 g/mol. The first-order valence-corrected chi connectivity index (χ1v) is 11.7. The number of fused-ring (bicyclic) bond motifs is 2. The van der Waals surface area contributed by atoms with Gasteiger partial charge in [0.15, 0.2) is 0 Å². The molecule has 0 amide bonds. The van der Waals surface area contributed by atoms with Crippen LogP contribution in [0.3, 0.4) is 0 Å². The first-order chi connectivity index (χ1) is 14.8. The quantitative estimate of drug-likeness (QED) is 0.286. The van der Waals surface area contributed by atoms with Crippen molar-refractivity contribution in [3.8, 4) is 11.3 Å². The molecule has 5 N–H and O–H groups in total. The Labute approximate surface area is 200 Å². The van der Waals surface area contributed by atoms with E-state index in [1.54, 1.807) is 0 Å². The highest BCUT2D eigenvalue weighted by molar-refractivity contribution is 8.00. The summed E-state index contributed by atoms with van der Waals surface area (Å²) in [7, 11) is 0. The van der Waals surface area contributed by atoms with Crippen LogP contribution in [0.25, 0.3) is 22.2 Å². The zero-order valence-corrected chi connectivity index (χ0v) is 20.4. The molecule has 0 spiro atoms. The number of nitrogens with one attached hydrogen (secondary N) is 2. The number of anilines is 1. The van der Waals surface area contributed by atoms with Gasteiger partial charge in [-0.15, -0.1) is 12.4 Å². The van der Waals surface area contributed by atoms with Gasteiger partial charge < -0.3 is 26.1 Å². The number of aliphatic hydroxyl groups is 1. The molecule has 2 heterocycles. The minimum Gasteiger partial charge on any atom is -0.412 e. The number of benzene rings is 2. The summed E-state index contributed by atoms with van der Waals surface area (Å²) in [6.45, 7) is 10.9. The Morgan fingerprint density at radius 2 is 1.84 bits per heavy atom. The number of aliphatic hydroxyl groups excluding tert-OH is 1. The van der Waals surface area contributed by atoms with Crippen LogP contribution in [0, 0.1) is 0 Å². The van der Waals surface area contributed by atoms with Gasteiger partial charge in [-0.3, -0.25) is 4.68 Å². The number of aromatic nitrogens is 2. The third-order valence-electron chi connectivity index (χ3n) is 5.65. The fourth-order valence-electron chi connectivity index (χ4n) is 3.98. The van der Waals surface area contributed by atoms with Crippen LogP contribution in [-0.4, -0.2) is 71.1 Å². The summed E-state index contributed by atoms with van der Waals surface area (Å²) in [5.41, 5.74) is 4.64. The Morgan fingerprint density at radius 1 is 1.06 bits per heavy atom. The van der Waals surface area contributed by atoms with E-state index in [0.717, 1.165) is 45.0 Å². The van der Waals surface area contributed by atoms with Crippen molar-refractivity contribution >= 4 is 40.8 Å². The van der Waals surface area contributed by atoms with Crippen molar-refractivity contribution in [1.29, 1.82) is 0 Å². The van der Waals surface area contributed by atoms with Crippen molar-refractivity contribution < 1.29 is 10.6 Å². The molecule has 2 aromatic carbocycles. The molecular weight excluding hydrogens is 446 g/mol. The second-order valence-corrected chi connectivity index (χ2v) is 8.49. The maximum Gasteiger partial charge on any atom is 0.103 e. The number of rotatable bonds is 11. The molecule has 176 valence electrons. The molecule has 0 unspecified atom stereocenters. The van der Waals surface area contributed by atoms with Gasteiger partial charge in [-0.2, -0.15) is 5.10 Å². The Kier molecular flexibility index (Phi) is 10.3. The number of hydrogen-bond acceptors (Lipinski definition) is 6. The van der Waals surface area contributed by atoms with E-state index in [1.807, 2.05) is 11.8 Å². The van der Waals surface area contributed by atoms with E-state index < -0.39 is 0 Å². The van der Waals surface area contributed by atoms with Crippen molar-refractivity contribution in [3.05, 3.63) is 36.4 Å². The molecule has 1 aliphatic rings. The molecule has 0 bridgehead atoms. The second kappa shape index (κ2) is 12.4. The largest absolute Gasteiger partial charge is 0.412 e. The van der Waals surface area contributed by atoms with Crippen LogP contribution in [-0.2, 0) is 6.54 Å². The molecular formula is C23H34ClN5O2S. The minimum absolute atomic E-state index is 0. The summed E-state index contributed by atoms with van der Waals surface area (Å²) in [4.78, 5) is 4.96. The van der Waals surface area contributed by atoms with Gasteiger partial charge in [0, 0.05) is 52.6 Å². The molecule has 9 heteroatoms. The lowest BCUT2D eigenvalue weighted by molar-refractivity contribution is 0.291. The summed E-state index contributed by atoms with van der Waals surface area (Å²) in [5.74, 6) is 0. The van der Waals surface area contributed by atoms with Gasteiger partial charge in [0.2, 0.25) is 0 Å². The van der Waals surface area contributed by atoms with Crippen molar-refractivity contribution in [3.63, 3.8) is 0 Å². The van der Waals surface area contributed by atoms with Gasteiger partial charge in [0.05, 0.1) is 18.7 Å². The van der Waals surface area contributed by atoms with E-state index in [-0.39, 0.29) is 24.5 Å². The average Bonchev–Trinajstić information content (AvgIpc) is 3.15. The molecule has 0 radical (unpaired) electrons. The topological polar surface area (TPSA) is 96.9 Å². The molecule has 4 rings (SSSR count). The molecule has 32 heavy (non-hydrogen) atoms. The molecule has 0 fully saturated rings. The smallest absolute Gasteiger partial charge is 0.103 e. The summed E-state index contributed by atoms with van der Waals surface area (Å²) in [5, 5.41) is 22.2. The maximum atomic E-state index is 9.00. The standard InChI is InChI=1S/C23H31N5OS.ClH.H2O/c1-3-27(4-2)14-12-25-18-9-10-19-21-22(26-28(19)15-11-24-13-16-29)17-7-5-6-8-20(17)30-23(18)21;;/h5-10,24-25,29H,3-4,11-16H2,1-2H3;1H;1H2. The molecule has 0 atom stereocenters. The van der Waals surface area contributed by atoms with Crippen molar-refractivity contribution in [1.82, 2.24) is 20.0 Å². The van der Waals surface area contributed by atoms with E-state index in [9.17, 15) is 0 Å². The van der Waals surface area contributed by atoms with Gasteiger partial charge in [-0.25, -0.2) is 0 Å². The Balaban J connectivity index is 0.00000181. The molecule has 3 aromatic rings. The van der Waals surface area contributed by atoms with Gasteiger partial charge >= 0.3 is 0 Å². The molecule has 7 nitrogen and oxygen atoms in total. The normalized spacial score (nSPS) is 11.8. The van der Waals surface area contributed by atoms with Crippen molar-refractivity contribution in [2.75, 3.05) is 51.2 Å². The van der Waals surface area contributed by atoms with Gasteiger partial charge in [-0.05, 0) is 31.3 Å². The first-order valence-electron chi connectivity index (χ1n) is 10.8. The molecule has 0 aliphatic carbocycles. The van der Waals surface area contributed by atoms with E-state index >= 15 is 0 Å². The fraction of sp³-hybridized carbons (Fsp3) is 0.435. The highest BCUT2D eigenvalue weighted by atomic mass is 35.5. The SMILES string of the molecule is CCN(CC)CCNc1ccc2c3c(nn2CCNCCO)-c2ccccc2Sc13.Cl.O. The Morgan fingerprint density at radius 3 is 2.59 bits per heavy atom. The fourth-order valence-corrected chi connectivity index (χ4v) is 5.18. The van der Waals surface area contributed by atoms with Crippen LogP contribution in [0.15, 0.2) is 46.2 Å². The highest BCUT2D eigenvalue weighted by Crippen LogP contribution is 2.50. The monoisotopic (exact) mass is 479 g/mol. The third kappa shape index (κ3) is 5.39. The summed E-state index contributed by atoms with van der Waals surface area (Å²) >= 11 is 1.84. The lowest BCUT2D eigenvalue weighted by Crippen LogP contribution is -2.28. The molecule has 1 aliphatic heterocycles. The van der Waals surface area contributed by atoms with Crippen molar-refractivity contribution in [2.24, 2.45) is 0 Å². The van der Waals surface area contributed by atoms with Crippen LogP contribution in [0.5, 0.6) is 0 Å². The number of hydrogen-bond donors (Lipinski definition) is 3. The summed E-state index contributed by atoms with van der Waals surface area (Å²) < 4.78 is 2.10. The lowest BCUT2D eigenvalue weighted by atomic mass is 10.1. The van der Waals surface area contributed by atoms with Crippen LogP contribution in [0.2, 0.25) is 0 Å². The summed E-state index contributed by atoms with van der Waals surface area (Å²) in [6.07, 6.45) is 0. The van der Waals surface area contributed by atoms with Crippen LogP contribution in [0.1, 0.15) is 13.8 Å². The van der Waals surface area contributed by atoms with Crippen LogP contribution >= 0.6 is 24.2 Å². The summed E-state index contributed by atoms with van der Waals surface area (Å²) in [6, 6.07) is 12.9. The first kappa shape index (κ1) is 26.4.